The molecule has 0 radical (unpaired) electrons. The van der Waals surface area contributed by atoms with Gasteiger partial charge in [-0.1, -0.05) is 20.3 Å². The highest BCUT2D eigenvalue weighted by molar-refractivity contribution is 7.89. The lowest BCUT2D eigenvalue weighted by Gasteiger charge is -2.19. The second-order valence-corrected chi connectivity index (χ2v) is 5.86. The molecule has 18 heavy (non-hydrogen) atoms. The Morgan fingerprint density at radius 3 is 2.61 bits per heavy atom. The number of aryl methyl sites for hydroxylation is 1. The van der Waals surface area contributed by atoms with Gasteiger partial charge in [0, 0.05) is 13.2 Å². The molecule has 0 aliphatic carbocycles. The topological polar surface area (TPSA) is 101 Å². The average Bonchev–Trinajstić information content (AvgIpc) is 2.72. The number of carboxylic acids is 1. The van der Waals surface area contributed by atoms with E-state index in [4.69, 9.17) is 5.11 Å². The fourth-order valence-electron chi connectivity index (χ4n) is 1.40. The predicted molar refractivity (Wildman–Crippen MR) is 64.4 cm³/mol. The van der Waals surface area contributed by atoms with E-state index in [9.17, 15) is 13.2 Å². The van der Waals surface area contributed by atoms with Gasteiger partial charge in [-0.15, -0.1) is 0 Å². The van der Waals surface area contributed by atoms with Gasteiger partial charge in [0.05, 0.1) is 6.33 Å². The smallest absolute Gasteiger partial charge is 0.322 e. The first kappa shape index (κ1) is 14.7. The number of carbonyl (C=O) groups is 1. The normalized spacial score (nSPS) is 15.3. The lowest BCUT2D eigenvalue weighted by molar-refractivity contribution is -0.140. The minimum atomic E-state index is -3.90. The molecule has 0 bridgehead atoms. The van der Waals surface area contributed by atoms with Gasteiger partial charge < -0.3 is 9.67 Å². The van der Waals surface area contributed by atoms with Gasteiger partial charge in [0.1, 0.15) is 6.04 Å². The second kappa shape index (κ2) is 5.49. The number of aliphatic carboxylic acids is 1. The Hall–Kier alpha value is -1.41. The third kappa shape index (κ3) is 3.30. The molecular formula is C10H17N3O4S. The van der Waals surface area contributed by atoms with E-state index >= 15 is 0 Å². The molecule has 1 aromatic heterocycles. The summed E-state index contributed by atoms with van der Waals surface area (Å²) < 4.78 is 27.5. The van der Waals surface area contributed by atoms with Crippen molar-refractivity contribution in [2.45, 2.75) is 31.3 Å². The fourth-order valence-corrected chi connectivity index (χ4v) is 2.68. The van der Waals surface area contributed by atoms with Crippen molar-refractivity contribution in [3.8, 4) is 0 Å². The van der Waals surface area contributed by atoms with E-state index in [1.165, 1.54) is 17.1 Å². The molecule has 2 atom stereocenters. The van der Waals surface area contributed by atoms with Gasteiger partial charge in [-0.25, -0.2) is 13.4 Å². The Morgan fingerprint density at radius 1 is 1.61 bits per heavy atom. The lowest BCUT2D eigenvalue weighted by Crippen LogP contribution is -2.45. The highest BCUT2D eigenvalue weighted by Gasteiger charge is 2.30. The van der Waals surface area contributed by atoms with Crippen LogP contribution >= 0.6 is 0 Å². The zero-order chi connectivity index (χ0) is 13.9. The second-order valence-electron chi connectivity index (χ2n) is 4.20. The highest BCUT2D eigenvalue weighted by atomic mass is 32.2. The first-order valence-corrected chi connectivity index (χ1v) is 6.99. The number of sulfonamides is 1. The Bertz CT molecular complexity index is 523. The summed E-state index contributed by atoms with van der Waals surface area (Å²) in [5.74, 6) is -1.50. The number of hydrogen-bond donors (Lipinski definition) is 2. The van der Waals surface area contributed by atoms with E-state index in [2.05, 4.69) is 9.71 Å². The van der Waals surface area contributed by atoms with E-state index in [1.54, 1.807) is 20.9 Å². The van der Waals surface area contributed by atoms with Crippen LogP contribution in [-0.2, 0) is 21.9 Å². The quantitative estimate of drug-likeness (QED) is 0.772. The first-order valence-electron chi connectivity index (χ1n) is 5.51. The predicted octanol–water partition coefficient (Wildman–Crippen LogP) is 0.198. The maximum atomic E-state index is 11.9. The number of rotatable bonds is 6. The molecule has 0 spiro atoms. The molecule has 0 aromatic carbocycles. The van der Waals surface area contributed by atoms with Crippen molar-refractivity contribution < 1.29 is 18.3 Å². The van der Waals surface area contributed by atoms with Crippen LogP contribution in [0.2, 0.25) is 0 Å². The minimum absolute atomic E-state index is 0.181. The maximum Gasteiger partial charge on any atom is 0.322 e. The number of hydrogen-bond acceptors (Lipinski definition) is 4. The largest absolute Gasteiger partial charge is 0.480 e. The minimum Gasteiger partial charge on any atom is -0.480 e. The third-order valence-electron chi connectivity index (χ3n) is 2.72. The van der Waals surface area contributed by atoms with Crippen LogP contribution in [0.15, 0.2) is 17.6 Å². The van der Waals surface area contributed by atoms with Gasteiger partial charge in [0.2, 0.25) is 0 Å². The van der Waals surface area contributed by atoms with Crippen LogP contribution < -0.4 is 4.72 Å². The maximum absolute atomic E-state index is 11.9. The van der Waals surface area contributed by atoms with Crippen LogP contribution in [0.3, 0.4) is 0 Å². The molecule has 2 N–H and O–H groups in total. The molecule has 0 unspecified atom stereocenters. The molecular weight excluding hydrogens is 258 g/mol. The van der Waals surface area contributed by atoms with Gasteiger partial charge in [-0.05, 0) is 5.92 Å². The first-order chi connectivity index (χ1) is 8.27. The molecule has 0 saturated carbocycles. The summed E-state index contributed by atoms with van der Waals surface area (Å²) in [6, 6.07) is -1.15. The van der Waals surface area contributed by atoms with Gasteiger partial charge in [-0.3, -0.25) is 4.79 Å². The molecule has 0 fully saturated rings. The molecule has 8 heteroatoms. The summed E-state index contributed by atoms with van der Waals surface area (Å²) in [4.78, 5) is 14.8. The number of carboxylic acid groups (broad SMARTS) is 1. The van der Waals surface area contributed by atoms with E-state index in [0.29, 0.717) is 6.42 Å². The number of aromatic nitrogens is 2. The summed E-state index contributed by atoms with van der Waals surface area (Å²) in [7, 11) is -2.27. The Morgan fingerprint density at radius 2 is 2.22 bits per heavy atom. The van der Waals surface area contributed by atoms with Crippen LogP contribution in [0.5, 0.6) is 0 Å². The van der Waals surface area contributed by atoms with Crippen molar-refractivity contribution in [2.75, 3.05) is 0 Å². The third-order valence-corrected chi connectivity index (χ3v) is 4.04. The van der Waals surface area contributed by atoms with Gasteiger partial charge in [0.25, 0.3) is 10.0 Å². The van der Waals surface area contributed by atoms with E-state index in [0.717, 1.165) is 0 Å². The van der Waals surface area contributed by atoms with Crippen LogP contribution in [0.25, 0.3) is 0 Å². The van der Waals surface area contributed by atoms with E-state index in [1.807, 2.05) is 0 Å². The fraction of sp³-hybridized carbons (Fsp3) is 0.600. The Kier molecular flexibility index (Phi) is 4.47. The van der Waals surface area contributed by atoms with Crippen molar-refractivity contribution in [3.05, 3.63) is 12.5 Å². The molecule has 0 saturated heterocycles. The zero-order valence-corrected chi connectivity index (χ0v) is 11.3. The van der Waals surface area contributed by atoms with Crippen molar-refractivity contribution in [1.82, 2.24) is 14.3 Å². The van der Waals surface area contributed by atoms with Crippen LogP contribution in [0, 0.1) is 5.92 Å². The van der Waals surface area contributed by atoms with Crippen molar-refractivity contribution in [2.24, 2.45) is 13.0 Å². The summed E-state index contributed by atoms with van der Waals surface area (Å²) >= 11 is 0. The van der Waals surface area contributed by atoms with E-state index < -0.39 is 22.0 Å². The lowest BCUT2D eigenvalue weighted by atomic mass is 10.0. The van der Waals surface area contributed by atoms with E-state index in [-0.39, 0.29) is 10.9 Å². The van der Waals surface area contributed by atoms with Gasteiger partial charge in [0.15, 0.2) is 5.03 Å². The molecule has 1 heterocycles. The van der Waals surface area contributed by atoms with Crippen LogP contribution in [0.4, 0.5) is 0 Å². The summed E-state index contributed by atoms with van der Waals surface area (Å²) in [6.07, 6.45) is 3.22. The molecule has 7 nitrogen and oxygen atoms in total. The average molecular weight is 275 g/mol. The van der Waals surface area contributed by atoms with Crippen molar-refractivity contribution >= 4 is 16.0 Å². The molecule has 0 aliphatic heterocycles. The summed E-state index contributed by atoms with van der Waals surface area (Å²) in [5, 5.41) is 8.86. The van der Waals surface area contributed by atoms with Crippen molar-refractivity contribution in [1.29, 1.82) is 0 Å². The zero-order valence-electron chi connectivity index (χ0n) is 10.5. The Labute approximate surface area is 106 Å². The van der Waals surface area contributed by atoms with Crippen LogP contribution in [-0.4, -0.2) is 35.1 Å². The van der Waals surface area contributed by atoms with Crippen molar-refractivity contribution in [3.63, 3.8) is 0 Å². The summed E-state index contributed by atoms with van der Waals surface area (Å²) in [6.45, 7) is 3.48. The molecule has 1 rings (SSSR count). The Balaban J connectivity index is 2.96. The molecule has 0 aliphatic rings. The number of imidazole rings is 1. The highest BCUT2D eigenvalue weighted by Crippen LogP contribution is 2.12. The monoisotopic (exact) mass is 275 g/mol. The van der Waals surface area contributed by atoms with Crippen LogP contribution in [0.1, 0.15) is 20.3 Å². The molecule has 102 valence electrons. The standard InChI is InChI=1S/C10H17N3O4S/c1-4-7(2)9(10(14)15)12-18(16,17)8-5-13(3)6-11-8/h5-7,9,12H,4H2,1-3H3,(H,14,15)/t7-,9-/m0/s1. The molecule has 0 amide bonds. The number of nitrogens with one attached hydrogen (secondary N) is 1. The van der Waals surface area contributed by atoms with Gasteiger partial charge in [-0.2, -0.15) is 4.72 Å². The SMILES string of the molecule is CC[C@H](C)[C@H](NS(=O)(=O)c1cn(C)cn1)C(=O)O. The molecule has 1 aromatic rings. The summed E-state index contributed by atoms with van der Waals surface area (Å²) in [5.41, 5.74) is 0. The van der Waals surface area contributed by atoms with Gasteiger partial charge >= 0.3 is 5.97 Å². The number of nitrogens with zero attached hydrogens (tertiary/aromatic N) is 2.